The second-order valence-corrected chi connectivity index (χ2v) is 1.46. The molecule has 0 aromatic heterocycles. The van der Waals surface area contributed by atoms with E-state index in [9.17, 15) is 4.79 Å². The molecule has 0 atom stereocenters. The highest BCUT2D eigenvalue weighted by Gasteiger charge is 1.95. The molecule has 4 heteroatoms. The average molecular weight is 140 g/mol. The number of hydrogen-bond donors (Lipinski definition) is 1. The van der Waals surface area contributed by atoms with Crippen molar-refractivity contribution in [2.75, 3.05) is 6.61 Å². The Hall–Kier alpha value is -1.50. The van der Waals surface area contributed by atoms with E-state index < -0.39 is 5.97 Å². The summed E-state index contributed by atoms with van der Waals surface area (Å²) in [6.07, 6.45) is 0.948. The van der Waals surface area contributed by atoms with Crippen LogP contribution in [0.4, 0.5) is 0 Å². The van der Waals surface area contributed by atoms with Crippen molar-refractivity contribution in [1.82, 2.24) is 0 Å². The van der Waals surface area contributed by atoms with Crippen molar-refractivity contribution in [3.8, 4) is 6.07 Å². The largest absolute Gasteiger partial charge is 0.463 e. The van der Waals surface area contributed by atoms with E-state index in [1.807, 2.05) is 0 Å². The molecule has 0 bridgehead atoms. The van der Waals surface area contributed by atoms with Gasteiger partial charge in [0, 0.05) is 0 Å². The van der Waals surface area contributed by atoms with E-state index in [0.717, 1.165) is 6.08 Å². The monoisotopic (exact) mass is 140 g/mol. The van der Waals surface area contributed by atoms with Gasteiger partial charge in [-0.3, -0.25) is 0 Å². The molecule has 0 unspecified atom stereocenters. The first kappa shape index (κ1) is 8.50. The fraction of sp³-hybridized carbons (Fsp3) is 0.333. The summed E-state index contributed by atoms with van der Waals surface area (Å²) >= 11 is 0. The zero-order valence-corrected chi connectivity index (χ0v) is 5.63. The van der Waals surface area contributed by atoms with Gasteiger partial charge in [0.15, 0.2) is 0 Å². The molecule has 0 saturated heterocycles. The third-order valence-corrected chi connectivity index (χ3v) is 0.689. The Balaban J connectivity index is 3.90. The highest BCUT2D eigenvalue weighted by atomic mass is 16.5. The third-order valence-electron chi connectivity index (χ3n) is 0.689. The molecule has 0 aliphatic rings. The lowest BCUT2D eigenvalue weighted by Crippen LogP contribution is -2.04. The van der Waals surface area contributed by atoms with Crippen LogP contribution in [0.2, 0.25) is 0 Å². The lowest BCUT2D eigenvalue weighted by atomic mass is 10.4. The summed E-state index contributed by atoms with van der Waals surface area (Å²) in [5, 5.41) is 8.10. The number of ether oxygens (including phenoxy) is 1. The second-order valence-electron chi connectivity index (χ2n) is 1.46. The van der Waals surface area contributed by atoms with Gasteiger partial charge >= 0.3 is 5.97 Å². The molecule has 54 valence electrons. The van der Waals surface area contributed by atoms with Gasteiger partial charge in [-0.05, 0) is 6.92 Å². The summed E-state index contributed by atoms with van der Waals surface area (Å²) in [5.74, 6) is -0.582. The highest BCUT2D eigenvalue weighted by Crippen LogP contribution is 1.83. The van der Waals surface area contributed by atoms with Gasteiger partial charge < -0.3 is 10.5 Å². The summed E-state index contributed by atoms with van der Waals surface area (Å²) in [7, 11) is 0. The first-order valence-corrected chi connectivity index (χ1v) is 2.74. The molecular formula is C6H8N2O2. The summed E-state index contributed by atoms with van der Waals surface area (Å²) in [6.45, 7) is 1.96. The van der Waals surface area contributed by atoms with Gasteiger partial charge in [0.25, 0.3) is 0 Å². The molecule has 10 heavy (non-hydrogen) atoms. The lowest BCUT2D eigenvalue weighted by Gasteiger charge is -1.93. The molecule has 0 heterocycles. The maximum atomic E-state index is 10.5. The first-order chi connectivity index (χ1) is 4.70. The van der Waals surface area contributed by atoms with E-state index in [4.69, 9.17) is 11.0 Å². The van der Waals surface area contributed by atoms with Gasteiger partial charge in [-0.2, -0.15) is 5.26 Å². The van der Waals surface area contributed by atoms with E-state index in [0.29, 0.717) is 0 Å². The van der Waals surface area contributed by atoms with Crippen LogP contribution in [0, 0.1) is 11.3 Å². The molecule has 0 aliphatic carbocycles. The Morgan fingerprint density at radius 1 is 1.90 bits per heavy atom. The average Bonchev–Trinajstić information content (AvgIpc) is 1.88. The minimum atomic E-state index is -0.582. The highest BCUT2D eigenvalue weighted by molar-refractivity contribution is 5.83. The van der Waals surface area contributed by atoms with Gasteiger partial charge in [0.2, 0.25) is 0 Å². The Kier molecular flexibility index (Phi) is 3.73. The molecule has 0 aliphatic heterocycles. The van der Waals surface area contributed by atoms with E-state index >= 15 is 0 Å². The number of carbonyl (C=O) groups is 1. The third kappa shape index (κ3) is 3.50. The Labute approximate surface area is 58.9 Å². The summed E-state index contributed by atoms with van der Waals surface area (Å²) in [4.78, 5) is 10.5. The Bertz CT molecular complexity index is 190. The molecule has 2 N–H and O–H groups in total. The number of nitrogens with two attached hydrogens (primary N) is 1. The number of esters is 1. The van der Waals surface area contributed by atoms with Crippen LogP contribution in [-0.2, 0) is 9.53 Å². The van der Waals surface area contributed by atoms with E-state index in [1.165, 1.54) is 0 Å². The number of nitriles is 1. The van der Waals surface area contributed by atoms with Crippen molar-refractivity contribution in [2.45, 2.75) is 6.92 Å². The standard InChI is InChI=1S/C6H8N2O2/c1-2-10-6(9)3-5(8)4-7/h3H,2,8H2,1H3/b5-3-. The molecule has 0 saturated carbocycles. The minimum absolute atomic E-state index is 0.140. The SMILES string of the molecule is CCOC(=O)/C=C(\N)C#N. The van der Waals surface area contributed by atoms with Crippen molar-refractivity contribution >= 4 is 5.97 Å². The van der Waals surface area contributed by atoms with Crippen molar-refractivity contribution in [2.24, 2.45) is 5.73 Å². The van der Waals surface area contributed by atoms with E-state index in [2.05, 4.69) is 4.74 Å². The van der Waals surface area contributed by atoms with Gasteiger partial charge in [-0.25, -0.2) is 4.79 Å². The van der Waals surface area contributed by atoms with Crippen molar-refractivity contribution in [1.29, 1.82) is 5.26 Å². The van der Waals surface area contributed by atoms with Crippen LogP contribution in [0.15, 0.2) is 11.8 Å². The summed E-state index contributed by atoms with van der Waals surface area (Å²) in [6, 6.07) is 1.59. The molecule has 0 amide bonds. The number of allylic oxidation sites excluding steroid dienone is 1. The molecule has 0 aromatic carbocycles. The summed E-state index contributed by atoms with van der Waals surface area (Å²) in [5.41, 5.74) is 4.86. The molecule has 0 rings (SSSR count). The van der Waals surface area contributed by atoms with Crippen LogP contribution in [0.5, 0.6) is 0 Å². The molecular weight excluding hydrogens is 132 g/mol. The molecule has 0 radical (unpaired) electrons. The van der Waals surface area contributed by atoms with Crippen LogP contribution < -0.4 is 5.73 Å². The van der Waals surface area contributed by atoms with Crippen LogP contribution in [-0.4, -0.2) is 12.6 Å². The van der Waals surface area contributed by atoms with E-state index in [-0.39, 0.29) is 12.3 Å². The lowest BCUT2D eigenvalue weighted by molar-refractivity contribution is -0.137. The maximum absolute atomic E-state index is 10.5. The van der Waals surface area contributed by atoms with Gasteiger partial charge in [-0.15, -0.1) is 0 Å². The van der Waals surface area contributed by atoms with Crippen LogP contribution in [0.3, 0.4) is 0 Å². The predicted octanol–water partition coefficient (Wildman–Crippen LogP) is -0.0843. The topological polar surface area (TPSA) is 76.1 Å². The van der Waals surface area contributed by atoms with Gasteiger partial charge in [0.1, 0.15) is 11.8 Å². The quantitative estimate of drug-likeness (QED) is 0.330. The van der Waals surface area contributed by atoms with Crippen molar-refractivity contribution < 1.29 is 9.53 Å². The van der Waals surface area contributed by atoms with E-state index in [1.54, 1.807) is 13.0 Å². The number of rotatable bonds is 2. The van der Waals surface area contributed by atoms with Gasteiger partial charge in [-0.1, -0.05) is 0 Å². The van der Waals surface area contributed by atoms with Crippen molar-refractivity contribution in [3.63, 3.8) is 0 Å². The Morgan fingerprint density at radius 3 is 2.90 bits per heavy atom. The van der Waals surface area contributed by atoms with Crippen LogP contribution in [0.1, 0.15) is 6.92 Å². The summed E-state index contributed by atoms with van der Waals surface area (Å²) < 4.78 is 4.47. The number of nitrogens with zero attached hydrogens (tertiary/aromatic N) is 1. The fourth-order valence-electron chi connectivity index (χ4n) is 0.343. The zero-order valence-electron chi connectivity index (χ0n) is 5.63. The maximum Gasteiger partial charge on any atom is 0.333 e. The predicted molar refractivity (Wildman–Crippen MR) is 34.5 cm³/mol. The van der Waals surface area contributed by atoms with Crippen LogP contribution in [0.25, 0.3) is 0 Å². The molecule has 0 spiro atoms. The normalized spacial score (nSPS) is 10.2. The minimum Gasteiger partial charge on any atom is -0.463 e. The van der Waals surface area contributed by atoms with Gasteiger partial charge in [0.05, 0.1) is 12.7 Å². The number of carbonyl (C=O) groups excluding carboxylic acids is 1. The first-order valence-electron chi connectivity index (χ1n) is 2.74. The van der Waals surface area contributed by atoms with Crippen molar-refractivity contribution in [3.05, 3.63) is 11.8 Å². The zero-order chi connectivity index (χ0) is 7.98. The number of hydrogen-bond acceptors (Lipinski definition) is 4. The fourth-order valence-corrected chi connectivity index (χ4v) is 0.343. The molecule has 0 aromatic rings. The molecule has 0 fully saturated rings. The van der Waals surface area contributed by atoms with Crippen LogP contribution >= 0.6 is 0 Å². The Morgan fingerprint density at radius 2 is 2.50 bits per heavy atom. The smallest absolute Gasteiger partial charge is 0.333 e. The second kappa shape index (κ2) is 4.39. The molecule has 4 nitrogen and oxygen atoms in total.